The lowest BCUT2D eigenvalue weighted by molar-refractivity contribution is -0.149. The molecule has 0 heterocycles. The van der Waals surface area contributed by atoms with Crippen molar-refractivity contribution in [3.63, 3.8) is 0 Å². The van der Waals surface area contributed by atoms with Crippen molar-refractivity contribution in [2.24, 2.45) is 0 Å². The highest BCUT2D eigenvalue weighted by atomic mass is 31.2. The summed E-state index contributed by atoms with van der Waals surface area (Å²) < 4.78 is 38.5. The van der Waals surface area contributed by atoms with Gasteiger partial charge in [0, 0.05) is 6.42 Å². The molecule has 3 unspecified atom stereocenters. The Kier molecular flexibility index (Phi) is 8.99. The molecule has 0 amide bonds. The zero-order chi connectivity index (χ0) is 19.7. The van der Waals surface area contributed by atoms with E-state index in [-0.39, 0.29) is 24.9 Å². The first kappa shape index (κ1) is 22.4. The van der Waals surface area contributed by atoms with Crippen molar-refractivity contribution in [1.29, 1.82) is 0 Å². The minimum atomic E-state index is -4.10. The maximum atomic E-state index is 14.8. The molecule has 0 fully saturated rings. The van der Waals surface area contributed by atoms with E-state index in [4.69, 9.17) is 14.4 Å². The number of aliphatic hydroxyl groups is 1. The van der Waals surface area contributed by atoms with Gasteiger partial charge >= 0.3 is 13.5 Å². The summed E-state index contributed by atoms with van der Waals surface area (Å²) >= 11 is 0. The van der Waals surface area contributed by atoms with Crippen LogP contribution in [0.2, 0.25) is 0 Å². The molecular weight excluding hydrogens is 360 g/mol. The third-order valence-corrected chi connectivity index (χ3v) is 5.52. The summed E-state index contributed by atoms with van der Waals surface area (Å²) in [7, 11) is -4.10. The van der Waals surface area contributed by atoms with Crippen LogP contribution < -0.4 is 9.61 Å². The predicted octanol–water partition coefficient (Wildman–Crippen LogP) is 3.81. The molecule has 0 bridgehead atoms. The van der Waals surface area contributed by atoms with Crippen molar-refractivity contribution in [3.05, 3.63) is 42.0 Å². The first-order valence-electron chi connectivity index (χ1n) is 8.41. The molecule has 8 heteroatoms. The van der Waals surface area contributed by atoms with Crippen LogP contribution in [0.1, 0.15) is 34.1 Å². The molecular formula is C18H27FNO5P. The number of nitrogens with one attached hydrogen (secondary N) is 1. The van der Waals surface area contributed by atoms with Crippen LogP contribution in [-0.2, 0) is 14.1 Å². The Morgan fingerprint density at radius 3 is 2.46 bits per heavy atom. The second kappa shape index (κ2) is 10.5. The Bertz CT molecular complexity index is 650. The van der Waals surface area contributed by atoms with E-state index in [1.54, 1.807) is 51.1 Å². The molecule has 0 saturated heterocycles. The highest BCUT2D eigenvalue weighted by molar-refractivity contribution is 7.57. The number of rotatable bonds is 10. The lowest BCUT2D eigenvalue weighted by Gasteiger charge is -2.26. The molecule has 1 aromatic carbocycles. The highest BCUT2D eigenvalue weighted by Gasteiger charge is 2.39. The Morgan fingerprint density at radius 2 is 1.92 bits per heavy atom. The third-order valence-electron chi connectivity index (χ3n) is 3.34. The molecule has 1 rings (SSSR count). The highest BCUT2D eigenvalue weighted by Crippen LogP contribution is 2.50. The molecule has 0 spiro atoms. The Labute approximate surface area is 153 Å². The van der Waals surface area contributed by atoms with E-state index in [9.17, 15) is 13.8 Å². The number of hydrogen-bond donors (Lipinski definition) is 2. The molecule has 6 nitrogen and oxygen atoms in total. The third kappa shape index (κ3) is 7.28. The average molecular weight is 387 g/mol. The summed E-state index contributed by atoms with van der Waals surface area (Å²) in [5.74, 6) is -2.33. The normalized spacial score (nSPS) is 16.7. The predicted molar refractivity (Wildman–Crippen MR) is 98.9 cm³/mol. The zero-order valence-corrected chi connectivity index (χ0v) is 16.4. The van der Waals surface area contributed by atoms with Crippen molar-refractivity contribution in [2.45, 2.75) is 52.2 Å². The van der Waals surface area contributed by atoms with E-state index >= 15 is 0 Å². The molecule has 0 saturated carbocycles. The van der Waals surface area contributed by atoms with Gasteiger partial charge in [-0.1, -0.05) is 29.8 Å². The Morgan fingerprint density at radius 1 is 1.31 bits per heavy atom. The zero-order valence-electron chi connectivity index (χ0n) is 15.5. The van der Waals surface area contributed by atoms with Crippen LogP contribution in [0.4, 0.5) is 4.39 Å². The molecule has 26 heavy (non-hydrogen) atoms. The van der Waals surface area contributed by atoms with Gasteiger partial charge in [-0.3, -0.25) is 9.36 Å². The number of halogens is 1. The minimum absolute atomic E-state index is 0.221. The maximum absolute atomic E-state index is 14.8. The molecule has 0 radical (unpaired) electrons. The van der Waals surface area contributed by atoms with Gasteiger partial charge in [0.05, 0.1) is 12.7 Å². The summed E-state index contributed by atoms with van der Waals surface area (Å²) in [5.41, 5.74) is 0.547. The Balaban J connectivity index is 3.00. The molecule has 0 aliphatic rings. The molecule has 0 aliphatic carbocycles. The van der Waals surface area contributed by atoms with Gasteiger partial charge < -0.3 is 14.4 Å². The fourth-order valence-corrected chi connectivity index (χ4v) is 3.75. The van der Waals surface area contributed by atoms with Crippen LogP contribution in [0.15, 0.2) is 42.0 Å². The fraction of sp³-hybridized carbons (Fsp3) is 0.500. The van der Waals surface area contributed by atoms with Crippen molar-refractivity contribution in [1.82, 2.24) is 5.09 Å². The standard InChI is InChI=1S/C18H27FNO5P/c1-13(2)24-18(22)15(4)20-26(23,17(19)11-10-14(3)12-21)25-16-8-6-5-7-9-16/h5-10,13,15,17,21H,11-12H2,1-4H3,(H,20,23)/b14-10+. The largest absolute Gasteiger partial charge is 0.462 e. The van der Waals surface area contributed by atoms with Gasteiger partial charge in [-0.25, -0.2) is 9.48 Å². The van der Waals surface area contributed by atoms with E-state index in [0.29, 0.717) is 5.57 Å². The van der Waals surface area contributed by atoms with E-state index in [1.165, 1.54) is 13.0 Å². The van der Waals surface area contributed by atoms with Crippen molar-refractivity contribution >= 4 is 13.5 Å². The molecule has 0 aromatic heterocycles. The van der Waals surface area contributed by atoms with Crippen LogP contribution in [0, 0.1) is 0 Å². The first-order valence-corrected chi connectivity index (χ1v) is 10.1. The number of aliphatic hydroxyl groups excluding tert-OH is 1. The number of carbonyl (C=O) groups excluding carboxylic acids is 1. The molecule has 2 N–H and O–H groups in total. The molecule has 1 aromatic rings. The topological polar surface area (TPSA) is 84.9 Å². The summed E-state index contributed by atoms with van der Waals surface area (Å²) in [6, 6.07) is 7.15. The van der Waals surface area contributed by atoms with E-state index < -0.39 is 25.4 Å². The average Bonchev–Trinajstić information content (AvgIpc) is 2.59. The van der Waals surface area contributed by atoms with Crippen LogP contribution in [0.25, 0.3) is 0 Å². The van der Waals surface area contributed by atoms with Crippen LogP contribution in [0.3, 0.4) is 0 Å². The van der Waals surface area contributed by atoms with Gasteiger partial charge in [-0.05, 0) is 39.8 Å². The summed E-state index contributed by atoms with van der Waals surface area (Å²) in [4.78, 5) is 12.0. The van der Waals surface area contributed by atoms with Crippen molar-refractivity contribution < 1.29 is 28.1 Å². The maximum Gasteiger partial charge on any atom is 0.351 e. The number of ether oxygens (including phenoxy) is 1. The van der Waals surface area contributed by atoms with Gasteiger partial charge in [0.1, 0.15) is 11.8 Å². The second-order valence-corrected chi connectivity index (χ2v) is 8.41. The van der Waals surface area contributed by atoms with Crippen LogP contribution in [0.5, 0.6) is 5.75 Å². The molecule has 3 atom stereocenters. The van der Waals surface area contributed by atoms with Gasteiger partial charge in [-0.15, -0.1) is 0 Å². The minimum Gasteiger partial charge on any atom is -0.462 e. The van der Waals surface area contributed by atoms with E-state index in [2.05, 4.69) is 5.09 Å². The Hall–Kier alpha value is -1.69. The summed E-state index contributed by atoms with van der Waals surface area (Å²) in [6.45, 7) is 6.22. The summed E-state index contributed by atoms with van der Waals surface area (Å²) in [5, 5.41) is 11.5. The lowest BCUT2D eigenvalue weighted by Crippen LogP contribution is -2.37. The van der Waals surface area contributed by atoms with E-state index in [0.717, 1.165) is 0 Å². The number of alkyl halides is 1. The first-order chi connectivity index (χ1) is 12.2. The number of esters is 1. The number of allylic oxidation sites excluding steroid dienone is 1. The number of para-hydroxylation sites is 1. The number of benzene rings is 1. The number of carbonyl (C=O) groups is 1. The van der Waals surface area contributed by atoms with Crippen LogP contribution >= 0.6 is 7.52 Å². The van der Waals surface area contributed by atoms with Crippen molar-refractivity contribution in [3.8, 4) is 5.75 Å². The van der Waals surface area contributed by atoms with E-state index in [1.807, 2.05) is 0 Å². The van der Waals surface area contributed by atoms with Crippen LogP contribution in [-0.4, -0.2) is 35.7 Å². The van der Waals surface area contributed by atoms with Gasteiger partial charge in [0.15, 0.2) is 0 Å². The lowest BCUT2D eigenvalue weighted by atomic mass is 10.2. The molecule has 0 aliphatic heterocycles. The van der Waals surface area contributed by atoms with Gasteiger partial charge in [0.2, 0.25) is 5.91 Å². The quantitative estimate of drug-likeness (QED) is 0.361. The fourth-order valence-electron chi connectivity index (χ4n) is 1.96. The second-order valence-electron chi connectivity index (χ2n) is 6.22. The monoisotopic (exact) mass is 387 g/mol. The molecule has 146 valence electrons. The number of hydrogen-bond acceptors (Lipinski definition) is 5. The SMILES string of the molecule is C/C(=C\CC(F)P(=O)(NC(C)C(=O)OC(C)C)Oc1ccccc1)CO. The smallest absolute Gasteiger partial charge is 0.351 e. The van der Waals surface area contributed by atoms with Gasteiger partial charge in [-0.2, -0.15) is 0 Å². The van der Waals surface area contributed by atoms with Gasteiger partial charge in [0.25, 0.3) is 0 Å². The summed E-state index contributed by atoms with van der Waals surface area (Å²) in [6.07, 6.45) is 0.873. The van der Waals surface area contributed by atoms with Crippen molar-refractivity contribution in [2.75, 3.05) is 6.61 Å².